The molecule has 0 heterocycles. The maximum Gasteiger partial charge on any atom is 0.223 e. The number of benzene rings is 1. The molecule has 0 radical (unpaired) electrons. The van der Waals surface area contributed by atoms with E-state index in [1.807, 2.05) is 0 Å². The number of nitrogens with zero attached hydrogens (tertiary/aromatic N) is 2. The van der Waals surface area contributed by atoms with Gasteiger partial charge in [0.05, 0.1) is 6.61 Å². The summed E-state index contributed by atoms with van der Waals surface area (Å²) in [5, 5.41) is 0. The summed E-state index contributed by atoms with van der Waals surface area (Å²) < 4.78 is 31.9. The summed E-state index contributed by atoms with van der Waals surface area (Å²) >= 11 is 0. The molecule has 0 aromatic heterocycles. The van der Waals surface area contributed by atoms with Gasteiger partial charge in [0.1, 0.15) is 5.69 Å². The molecule has 0 unspecified atom stereocenters. The summed E-state index contributed by atoms with van der Waals surface area (Å²) in [6.07, 6.45) is 0. The van der Waals surface area contributed by atoms with Gasteiger partial charge in [-0.05, 0) is 19.1 Å². The third-order valence-electron chi connectivity index (χ3n) is 1.80. The SMILES string of the molecule is CCOc1ccc(N=C(N)N=C(N)N)c(F)c1F. The van der Waals surface area contributed by atoms with Crippen LogP contribution in [0, 0.1) is 11.6 Å². The van der Waals surface area contributed by atoms with Crippen molar-refractivity contribution in [1.82, 2.24) is 0 Å². The molecule has 1 aromatic carbocycles. The van der Waals surface area contributed by atoms with Gasteiger partial charge < -0.3 is 21.9 Å². The summed E-state index contributed by atoms with van der Waals surface area (Å²) in [6.45, 7) is 1.87. The van der Waals surface area contributed by atoms with Gasteiger partial charge in [-0.3, -0.25) is 0 Å². The van der Waals surface area contributed by atoms with Crippen LogP contribution in [0.15, 0.2) is 22.1 Å². The highest BCUT2D eigenvalue weighted by atomic mass is 19.2. The molecule has 0 aliphatic heterocycles. The highest BCUT2D eigenvalue weighted by Gasteiger charge is 2.14. The number of nitrogens with two attached hydrogens (primary N) is 3. The second-order valence-electron chi connectivity index (χ2n) is 3.15. The molecule has 1 rings (SSSR count). The second kappa shape index (κ2) is 5.80. The van der Waals surface area contributed by atoms with E-state index in [9.17, 15) is 8.78 Å². The van der Waals surface area contributed by atoms with Crippen molar-refractivity contribution in [2.24, 2.45) is 27.2 Å². The molecule has 0 aliphatic rings. The number of rotatable bonds is 3. The van der Waals surface area contributed by atoms with Gasteiger partial charge in [-0.15, -0.1) is 0 Å². The van der Waals surface area contributed by atoms with Gasteiger partial charge in [-0.2, -0.15) is 9.38 Å². The van der Waals surface area contributed by atoms with Crippen molar-refractivity contribution in [2.75, 3.05) is 6.61 Å². The minimum atomic E-state index is -1.19. The molecular formula is C10H13F2N5O. The lowest BCUT2D eigenvalue weighted by molar-refractivity contribution is 0.314. The van der Waals surface area contributed by atoms with E-state index in [1.54, 1.807) is 6.92 Å². The molecule has 0 saturated carbocycles. The van der Waals surface area contributed by atoms with E-state index in [2.05, 4.69) is 9.98 Å². The molecule has 6 N–H and O–H groups in total. The Morgan fingerprint density at radius 3 is 2.44 bits per heavy atom. The highest BCUT2D eigenvalue weighted by molar-refractivity contribution is 5.93. The van der Waals surface area contributed by atoms with Crippen LogP contribution in [0.1, 0.15) is 6.92 Å². The Labute approximate surface area is 102 Å². The molecule has 1 aromatic rings. The molecule has 0 spiro atoms. The van der Waals surface area contributed by atoms with E-state index < -0.39 is 11.6 Å². The summed E-state index contributed by atoms with van der Waals surface area (Å²) in [6, 6.07) is 2.45. The average Bonchev–Trinajstić information content (AvgIpc) is 2.28. The van der Waals surface area contributed by atoms with Crippen LogP contribution in [0.25, 0.3) is 0 Å². The van der Waals surface area contributed by atoms with Crippen molar-refractivity contribution in [1.29, 1.82) is 0 Å². The summed E-state index contributed by atoms with van der Waals surface area (Å²) in [5.74, 6) is -3.24. The topological polar surface area (TPSA) is 112 Å². The fourth-order valence-corrected chi connectivity index (χ4v) is 1.16. The number of ether oxygens (including phenoxy) is 1. The predicted octanol–water partition coefficient (Wildman–Crippen LogP) is 0.583. The largest absolute Gasteiger partial charge is 0.491 e. The van der Waals surface area contributed by atoms with Crippen molar-refractivity contribution < 1.29 is 13.5 Å². The Morgan fingerprint density at radius 2 is 1.89 bits per heavy atom. The molecule has 0 saturated heterocycles. The van der Waals surface area contributed by atoms with Gasteiger partial charge in [-0.25, -0.2) is 9.38 Å². The maximum atomic E-state index is 13.6. The molecule has 0 aliphatic carbocycles. The van der Waals surface area contributed by atoms with Crippen LogP contribution in [0.3, 0.4) is 0 Å². The van der Waals surface area contributed by atoms with Gasteiger partial charge in [0.2, 0.25) is 11.8 Å². The zero-order valence-electron chi connectivity index (χ0n) is 9.65. The van der Waals surface area contributed by atoms with E-state index in [1.165, 1.54) is 12.1 Å². The molecule has 6 nitrogen and oxygen atoms in total. The number of hydrogen-bond donors (Lipinski definition) is 3. The quantitative estimate of drug-likeness (QED) is 0.543. The number of halogens is 2. The Balaban J connectivity index is 3.13. The first-order chi connectivity index (χ1) is 8.45. The van der Waals surface area contributed by atoms with E-state index in [0.29, 0.717) is 0 Å². The Morgan fingerprint density at radius 1 is 1.22 bits per heavy atom. The van der Waals surface area contributed by atoms with Gasteiger partial charge in [0.25, 0.3) is 0 Å². The van der Waals surface area contributed by atoms with Crippen molar-refractivity contribution in [2.45, 2.75) is 6.92 Å². The van der Waals surface area contributed by atoms with Gasteiger partial charge in [0.15, 0.2) is 17.5 Å². The standard InChI is InChI=1S/C10H13F2N5O/c1-2-18-6-4-3-5(7(11)8(6)12)16-10(15)17-9(13)14/h3-4H,2H2,1H3,(H6,13,14,15,16,17). The molecule has 8 heteroatoms. The first kappa shape index (κ1) is 13.7. The smallest absolute Gasteiger partial charge is 0.223 e. The highest BCUT2D eigenvalue weighted by Crippen LogP contribution is 2.27. The minimum Gasteiger partial charge on any atom is -0.491 e. The summed E-state index contributed by atoms with van der Waals surface area (Å²) in [5.41, 5.74) is 15.1. The zero-order chi connectivity index (χ0) is 13.7. The minimum absolute atomic E-state index is 0.200. The lowest BCUT2D eigenvalue weighted by atomic mass is 10.3. The van der Waals surface area contributed by atoms with E-state index >= 15 is 0 Å². The Bertz CT molecular complexity index is 497. The third-order valence-corrected chi connectivity index (χ3v) is 1.80. The van der Waals surface area contributed by atoms with Crippen LogP contribution in [-0.2, 0) is 0 Å². The van der Waals surface area contributed by atoms with Crippen LogP contribution < -0.4 is 21.9 Å². The maximum absolute atomic E-state index is 13.6. The van der Waals surface area contributed by atoms with Crippen LogP contribution in [0.4, 0.5) is 14.5 Å². The molecule has 98 valence electrons. The van der Waals surface area contributed by atoms with E-state index in [0.717, 1.165) is 0 Å². The number of hydrogen-bond acceptors (Lipinski definition) is 2. The summed E-state index contributed by atoms with van der Waals surface area (Å²) in [7, 11) is 0. The molecule has 0 fully saturated rings. The van der Waals surface area contributed by atoms with Crippen LogP contribution in [-0.4, -0.2) is 18.5 Å². The average molecular weight is 257 g/mol. The monoisotopic (exact) mass is 257 g/mol. The zero-order valence-corrected chi connectivity index (χ0v) is 9.65. The van der Waals surface area contributed by atoms with Gasteiger partial charge >= 0.3 is 0 Å². The molecule has 0 amide bonds. The molecule has 18 heavy (non-hydrogen) atoms. The van der Waals surface area contributed by atoms with E-state index in [4.69, 9.17) is 21.9 Å². The molecular weight excluding hydrogens is 244 g/mol. The van der Waals surface area contributed by atoms with Crippen LogP contribution in [0.5, 0.6) is 5.75 Å². The second-order valence-corrected chi connectivity index (χ2v) is 3.15. The summed E-state index contributed by atoms with van der Waals surface area (Å²) in [4.78, 5) is 6.92. The number of aliphatic imine (C=N–C) groups is 2. The Hall–Kier alpha value is -2.38. The van der Waals surface area contributed by atoms with Crippen LogP contribution >= 0.6 is 0 Å². The first-order valence-electron chi connectivity index (χ1n) is 5.00. The van der Waals surface area contributed by atoms with E-state index in [-0.39, 0.29) is 30.0 Å². The van der Waals surface area contributed by atoms with Crippen molar-refractivity contribution in [3.05, 3.63) is 23.8 Å². The van der Waals surface area contributed by atoms with Crippen molar-refractivity contribution in [3.63, 3.8) is 0 Å². The first-order valence-corrected chi connectivity index (χ1v) is 5.00. The lowest BCUT2D eigenvalue weighted by Gasteiger charge is -2.06. The fraction of sp³-hybridized carbons (Fsp3) is 0.200. The van der Waals surface area contributed by atoms with Gasteiger partial charge in [0, 0.05) is 0 Å². The molecule has 0 bridgehead atoms. The van der Waals surface area contributed by atoms with Crippen molar-refractivity contribution >= 4 is 17.6 Å². The van der Waals surface area contributed by atoms with Crippen LogP contribution in [0.2, 0.25) is 0 Å². The predicted molar refractivity (Wildman–Crippen MR) is 64.6 cm³/mol. The normalized spacial score (nSPS) is 11.2. The molecule has 0 atom stereocenters. The Kier molecular flexibility index (Phi) is 4.41. The van der Waals surface area contributed by atoms with Crippen molar-refractivity contribution in [3.8, 4) is 5.75 Å². The fourth-order valence-electron chi connectivity index (χ4n) is 1.16. The van der Waals surface area contributed by atoms with Gasteiger partial charge in [-0.1, -0.05) is 0 Å². The lowest BCUT2D eigenvalue weighted by Crippen LogP contribution is -2.26. The third kappa shape index (κ3) is 3.30. The number of guanidine groups is 2.